The molecule has 0 aliphatic heterocycles. The van der Waals surface area contributed by atoms with E-state index < -0.39 is 11.9 Å². The summed E-state index contributed by atoms with van der Waals surface area (Å²) in [7, 11) is 0. The fraction of sp³-hybridized carbons (Fsp3) is 0.333. The molecule has 0 heterocycles. The quantitative estimate of drug-likeness (QED) is 0.594. The fourth-order valence-electron chi connectivity index (χ4n) is 2.03. The highest BCUT2D eigenvalue weighted by atomic mass is 16.4. The van der Waals surface area contributed by atoms with Crippen molar-refractivity contribution in [3.63, 3.8) is 0 Å². The van der Waals surface area contributed by atoms with Crippen LogP contribution in [0.15, 0.2) is 43.0 Å². The number of hydrogen-bond acceptors (Lipinski definition) is 2. The Kier molecular flexibility index (Phi) is 5.31. The van der Waals surface area contributed by atoms with E-state index in [9.17, 15) is 9.59 Å². The van der Waals surface area contributed by atoms with Crippen molar-refractivity contribution in [3.8, 4) is 0 Å². The monoisotopic (exact) mass is 246 g/mol. The van der Waals surface area contributed by atoms with Crippen molar-refractivity contribution in [1.29, 1.82) is 0 Å². The third-order valence-corrected chi connectivity index (χ3v) is 3.00. The van der Waals surface area contributed by atoms with E-state index in [1.165, 1.54) is 6.08 Å². The average molecular weight is 246 g/mol. The minimum Gasteiger partial charge on any atom is -0.481 e. The van der Waals surface area contributed by atoms with Gasteiger partial charge in [0.25, 0.3) is 0 Å². The zero-order chi connectivity index (χ0) is 13.5. The molecule has 3 heteroatoms. The van der Waals surface area contributed by atoms with Crippen LogP contribution in [0.5, 0.6) is 0 Å². The summed E-state index contributed by atoms with van der Waals surface area (Å²) in [6.45, 7) is 5.40. The van der Waals surface area contributed by atoms with Crippen LogP contribution in [0.25, 0.3) is 0 Å². The van der Waals surface area contributed by atoms with Gasteiger partial charge in [0.1, 0.15) is 5.92 Å². The zero-order valence-electron chi connectivity index (χ0n) is 10.5. The molecule has 0 aromatic heterocycles. The first-order chi connectivity index (χ1) is 8.61. The van der Waals surface area contributed by atoms with E-state index in [4.69, 9.17) is 5.11 Å². The standard InChI is InChI=1S/C15H18O3/c1-3-8-13(15(17)18)14(16)12(4-2)11-9-6-5-7-10-11/h3,5-7,9-10,12-13H,1,4,8H2,2H3,(H,17,18). The first-order valence-electron chi connectivity index (χ1n) is 6.04. The van der Waals surface area contributed by atoms with Crippen molar-refractivity contribution in [2.75, 3.05) is 0 Å². The van der Waals surface area contributed by atoms with Gasteiger partial charge in [0.15, 0.2) is 5.78 Å². The lowest BCUT2D eigenvalue weighted by atomic mass is 9.84. The number of ketones is 1. The molecule has 0 spiro atoms. The van der Waals surface area contributed by atoms with Gasteiger partial charge in [-0.25, -0.2) is 0 Å². The molecule has 0 fully saturated rings. The van der Waals surface area contributed by atoms with Crippen molar-refractivity contribution in [3.05, 3.63) is 48.6 Å². The molecule has 0 aliphatic rings. The smallest absolute Gasteiger partial charge is 0.314 e. The summed E-state index contributed by atoms with van der Waals surface area (Å²) >= 11 is 0. The Bertz CT molecular complexity index is 423. The van der Waals surface area contributed by atoms with Gasteiger partial charge in [0.05, 0.1) is 0 Å². The van der Waals surface area contributed by atoms with Crippen molar-refractivity contribution in [1.82, 2.24) is 0 Å². The zero-order valence-corrected chi connectivity index (χ0v) is 10.5. The van der Waals surface area contributed by atoms with Gasteiger partial charge >= 0.3 is 5.97 Å². The first-order valence-corrected chi connectivity index (χ1v) is 6.04. The molecule has 3 nitrogen and oxygen atoms in total. The number of carbonyl (C=O) groups is 2. The Labute approximate surface area is 107 Å². The van der Waals surface area contributed by atoms with E-state index in [1.54, 1.807) is 0 Å². The molecule has 0 saturated carbocycles. The maximum atomic E-state index is 12.3. The Hall–Kier alpha value is -1.90. The molecular formula is C15H18O3. The SMILES string of the molecule is C=CCC(C(=O)O)C(=O)C(CC)c1ccccc1. The highest BCUT2D eigenvalue weighted by Gasteiger charge is 2.31. The lowest BCUT2D eigenvalue weighted by Gasteiger charge is -2.18. The molecule has 96 valence electrons. The minimum atomic E-state index is -1.07. The molecule has 1 N–H and O–H groups in total. The van der Waals surface area contributed by atoms with Gasteiger partial charge in [-0.15, -0.1) is 6.58 Å². The maximum Gasteiger partial charge on any atom is 0.314 e. The van der Waals surface area contributed by atoms with E-state index in [0.29, 0.717) is 6.42 Å². The molecule has 1 aromatic carbocycles. The van der Waals surface area contributed by atoms with Crippen LogP contribution in [0.2, 0.25) is 0 Å². The second-order valence-corrected chi connectivity index (χ2v) is 4.19. The summed E-state index contributed by atoms with van der Waals surface area (Å²) < 4.78 is 0. The molecule has 0 aliphatic carbocycles. The lowest BCUT2D eigenvalue weighted by molar-refractivity contribution is -0.146. The number of carboxylic acid groups (broad SMARTS) is 1. The van der Waals surface area contributed by atoms with Crippen LogP contribution < -0.4 is 0 Å². The largest absolute Gasteiger partial charge is 0.481 e. The van der Waals surface area contributed by atoms with Gasteiger partial charge in [0, 0.05) is 5.92 Å². The predicted molar refractivity (Wildman–Crippen MR) is 70.4 cm³/mol. The van der Waals surface area contributed by atoms with Crippen LogP contribution in [-0.4, -0.2) is 16.9 Å². The Morgan fingerprint density at radius 1 is 1.33 bits per heavy atom. The third-order valence-electron chi connectivity index (χ3n) is 3.00. The van der Waals surface area contributed by atoms with Crippen LogP contribution in [0.4, 0.5) is 0 Å². The maximum absolute atomic E-state index is 12.3. The third kappa shape index (κ3) is 3.29. The Morgan fingerprint density at radius 2 is 1.94 bits per heavy atom. The first kappa shape index (κ1) is 14.2. The van der Waals surface area contributed by atoms with E-state index in [2.05, 4.69) is 6.58 Å². The molecule has 1 rings (SSSR count). The van der Waals surface area contributed by atoms with Crippen LogP contribution in [-0.2, 0) is 9.59 Å². The molecular weight excluding hydrogens is 228 g/mol. The number of allylic oxidation sites excluding steroid dienone is 1. The average Bonchev–Trinajstić information content (AvgIpc) is 2.37. The van der Waals surface area contributed by atoms with Crippen molar-refractivity contribution in [2.24, 2.45) is 5.92 Å². The van der Waals surface area contributed by atoms with Crippen molar-refractivity contribution in [2.45, 2.75) is 25.7 Å². The molecule has 2 unspecified atom stereocenters. The van der Waals surface area contributed by atoms with Crippen LogP contribution in [0.3, 0.4) is 0 Å². The molecule has 1 aromatic rings. The second kappa shape index (κ2) is 6.74. The molecule has 2 atom stereocenters. The normalized spacial score (nSPS) is 13.6. The van der Waals surface area contributed by atoms with Crippen molar-refractivity contribution < 1.29 is 14.7 Å². The fourth-order valence-corrected chi connectivity index (χ4v) is 2.03. The highest BCUT2D eigenvalue weighted by molar-refractivity contribution is 6.01. The van der Waals surface area contributed by atoms with Crippen LogP contribution in [0, 0.1) is 5.92 Å². The van der Waals surface area contributed by atoms with Gasteiger partial charge in [-0.05, 0) is 18.4 Å². The van der Waals surface area contributed by atoms with Gasteiger partial charge in [-0.1, -0.05) is 43.3 Å². The van der Waals surface area contributed by atoms with Gasteiger partial charge < -0.3 is 5.11 Å². The van der Waals surface area contributed by atoms with E-state index in [1.807, 2.05) is 37.3 Å². The van der Waals surface area contributed by atoms with Crippen LogP contribution in [0.1, 0.15) is 31.2 Å². The Morgan fingerprint density at radius 3 is 2.39 bits per heavy atom. The number of carbonyl (C=O) groups excluding carboxylic acids is 1. The number of rotatable bonds is 7. The minimum absolute atomic E-state index is 0.178. The van der Waals surface area contributed by atoms with E-state index in [-0.39, 0.29) is 18.1 Å². The summed E-state index contributed by atoms with van der Waals surface area (Å²) in [5.74, 6) is -2.66. The van der Waals surface area contributed by atoms with Gasteiger partial charge in [0.2, 0.25) is 0 Å². The predicted octanol–water partition coefficient (Wildman–Crippen LogP) is 3.03. The molecule has 18 heavy (non-hydrogen) atoms. The second-order valence-electron chi connectivity index (χ2n) is 4.19. The number of benzene rings is 1. The molecule has 0 amide bonds. The molecule has 0 radical (unpaired) electrons. The van der Waals surface area contributed by atoms with Crippen molar-refractivity contribution >= 4 is 11.8 Å². The number of carboxylic acids is 1. The summed E-state index contributed by atoms with van der Waals surface area (Å²) in [6, 6.07) is 9.31. The highest BCUT2D eigenvalue weighted by Crippen LogP contribution is 2.25. The topological polar surface area (TPSA) is 54.4 Å². The van der Waals surface area contributed by atoms with Gasteiger partial charge in [-0.3, -0.25) is 9.59 Å². The Balaban J connectivity index is 2.97. The molecule has 0 bridgehead atoms. The summed E-state index contributed by atoms with van der Waals surface area (Å²) in [6.07, 6.45) is 2.26. The van der Waals surface area contributed by atoms with E-state index >= 15 is 0 Å². The van der Waals surface area contributed by atoms with E-state index in [0.717, 1.165) is 5.56 Å². The summed E-state index contributed by atoms with van der Waals surface area (Å²) in [5, 5.41) is 9.10. The lowest BCUT2D eigenvalue weighted by Crippen LogP contribution is -2.28. The number of aliphatic carboxylic acids is 1. The molecule has 0 saturated heterocycles. The van der Waals surface area contributed by atoms with Gasteiger partial charge in [-0.2, -0.15) is 0 Å². The number of Topliss-reactive ketones (excluding diaryl/α,β-unsaturated/α-hetero) is 1. The summed E-state index contributed by atoms with van der Waals surface area (Å²) in [4.78, 5) is 23.4. The summed E-state index contributed by atoms with van der Waals surface area (Å²) in [5.41, 5.74) is 0.875. The van der Waals surface area contributed by atoms with Crippen LogP contribution >= 0.6 is 0 Å². The number of hydrogen-bond donors (Lipinski definition) is 1.